The first-order valence-electron chi connectivity index (χ1n) is 6.59. The summed E-state index contributed by atoms with van der Waals surface area (Å²) in [6.45, 7) is 9.85. The predicted octanol–water partition coefficient (Wildman–Crippen LogP) is 3.19. The van der Waals surface area contributed by atoms with E-state index in [2.05, 4.69) is 27.7 Å². The first kappa shape index (κ1) is 10.1. The van der Waals surface area contributed by atoms with Crippen molar-refractivity contribution >= 4 is 0 Å². The van der Waals surface area contributed by atoms with Crippen molar-refractivity contribution in [1.82, 2.24) is 0 Å². The largest absolute Gasteiger partial charge is 0.325 e. The van der Waals surface area contributed by atoms with Gasteiger partial charge in [-0.3, -0.25) is 0 Å². The maximum Gasteiger partial charge on any atom is 0.0216 e. The van der Waals surface area contributed by atoms with E-state index < -0.39 is 0 Å². The SMILES string of the molecule is CC1C2CC3CC(N)(C2)C(C)(C)C1(C)C3. The third-order valence-corrected chi connectivity index (χ3v) is 7.01. The van der Waals surface area contributed by atoms with Crippen molar-refractivity contribution in [2.24, 2.45) is 34.3 Å². The Morgan fingerprint density at radius 3 is 2.40 bits per heavy atom. The molecule has 1 nitrogen and oxygen atoms in total. The number of nitrogens with two attached hydrogens (primary N) is 1. The van der Waals surface area contributed by atoms with Gasteiger partial charge in [-0.25, -0.2) is 0 Å². The van der Waals surface area contributed by atoms with Crippen LogP contribution in [0, 0.1) is 28.6 Å². The van der Waals surface area contributed by atoms with Crippen molar-refractivity contribution < 1.29 is 0 Å². The van der Waals surface area contributed by atoms with Gasteiger partial charge in [0.05, 0.1) is 0 Å². The van der Waals surface area contributed by atoms with Gasteiger partial charge in [0.25, 0.3) is 0 Å². The molecule has 4 aliphatic carbocycles. The molecule has 86 valence electrons. The van der Waals surface area contributed by atoms with Crippen molar-refractivity contribution in [3.63, 3.8) is 0 Å². The van der Waals surface area contributed by atoms with Gasteiger partial charge in [0.15, 0.2) is 0 Å². The fourth-order valence-electron chi connectivity index (χ4n) is 5.41. The minimum atomic E-state index is 0.139. The summed E-state index contributed by atoms with van der Waals surface area (Å²) in [5.74, 6) is 2.73. The van der Waals surface area contributed by atoms with Crippen LogP contribution < -0.4 is 5.73 Å². The highest BCUT2D eigenvalue weighted by atomic mass is 14.9. The van der Waals surface area contributed by atoms with Crippen LogP contribution >= 0.6 is 0 Å². The Hall–Kier alpha value is -0.0400. The fourth-order valence-corrected chi connectivity index (χ4v) is 5.41. The third kappa shape index (κ3) is 0.906. The maximum atomic E-state index is 6.75. The highest BCUT2D eigenvalue weighted by Gasteiger charge is 2.67. The highest BCUT2D eigenvalue weighted by Crippen LogP contribution is 2.70. The van der Waals surface area contributed by atoms with E-state index >= 15 is 0 Å². The lowest BCUT2D eigenvalue weighted by atomic mass is 9.35. The van der Waals surface area contributed by atoms with Crippen molar-refractivity contribution in [2.45, 2.75) is 58.9 Å². The molecule has 0 aromatic carbocycles. The Bertz CT molecular complexity index is 308. The van der Waals surface area contributed by atoms with E-state index in [-0.39, 0.29) is 5.54 Å². The lowest BCUT2D eigenvalue weighted by Gasteiger charge is -2.72. The van der Waals surface area contributed by atoms with Crippen LogP contribution in [-0.2, 0) is 0 Å². The summed E-state index contributed by atoms with van der Waals surface area (Å²) in [5, 5.41) is 0. The van der Waals surface area contributed by atoms with E-state index in [0.29, 0.717) is 10.8 Å². The molecule has 1 heteroatoms. The zero-order chi connectivity index (χ0) is 11.1. The molecule has 5 unspecified atom stereocenters. The molecule has 0 amide bonds. The van der Waals surface area contributed by atoms with Gasteiger partial charge >= 0.3 is 0 Å². The Balaban J connectivity index is 2.13. The second-order valence-electron chi connectivity index (χ2n) is 7.46. The van der Waals surface area contributed by atoms with Crippen LogP contribution in [0.1, 0.15) is 53.4 Å². The van der Waals surface area contributed by atoms with E-state index in [0.717, 1.165) is 17.8 Å². The highest BCUT2D eigenvalue weighted by molar-refractivity contribution is 5.20. The lowest BCUT2D eigenvalue weighted by Crippen LogP contribution is -2.72. The number of hydrogen-bond acceptors (Lipinski definition) is 1. The van der Waals surface area contributed by atoms with Gasteiger partial charge in [0.1, 0.15) is 0 Å². The molecule has 15 heavy (non-hydrogen) atoms. The standard InChI is InChI=1S/C14H25N/c1-9-11-5-10-6-13(9,4)12(2,3)14(15,7-10)8-11/h9-11H,5-8,15H2,1-4H3. The minimum Gasteiger partial charge on any atom is -0.325 e. The van der Waals surface area contributed by atoms with E-state index in [1.165, 1.54) is 25.7 Å². The molecule has 0 spiro atoms. The molecule has 0 radical (unpaired) electrons. The molecule has 4 saturated carbocycles. The molecule has 4 rings (SSSR count). The van der Waals surface area contributed by atoms with Crippen LogP contribution in [0.2, 0.25) is 0 Å². The first-order valence-corrected chi connectivity index (χ1v) is 6.59. The molecule has 5 atom stereocenters. The monoisotopic (exact) mass is 207 g/mol. The zero-order valence-corrected chi connectivity index (χ0v) is 10.6. The molecular weight excluding hydrogens is 182 g/mol. The number of rotatable bonds is 0. The molecule has 4 bridgehead atoms. The Morgan fingerprint density at radius 2 is 1.73 bits per heavy atom. The predicted molar refractivity (Wildman–Crippen MR) is 63.4 cm³/mol. The van der Waals surface area contributed by atoms with Crippen LogP contribution in [0.15, 0.2) is 0 Å². The molecule has 0 aromatic heterocycles. The quantitative estimate of drug-likeness (QED) is 0.648. The molecule has 0 aromatic rings. The van der Waals surface area contributed by atoms with Crippen molar-refractivity contribution in [3.05, 3.63) is 0 Å². The topological polar surface area (TPSA) is 26.0 Å². The van der Waals surface area contributed by atoms with E-state index in [4.69, 9.17) is 5.73 Å². The first-order chi connectivity index (χ1) is 6.80. The normalized spacial score (nSPS) is 61.0. The summed E-state index contributed by atoms with van der Waals surface area (Å²) in [6.07, 6.45) is 5.47. The van der Waals surface area contributed by atoms with E-state index in [9.17, 15) is 0 Å². The third-order valence-electron chi connectivity index (χ3n) is 7.01. The van der Waals surface area contributed by atoms with Crippen LogP contribution in [0.25, 0.3) is 0 Å². The fraction of sp³-hybridized carbons (Fsp3) is 1.00. The molecule has 4 fully saturated rings. The Morgan fingerprint density at radius 1 is 1.07 bits per heavy atom. The van der Waals surface area contributed by atoms with Crippen molar-refractivity contribution in [2.75, 3.05) is 0 Å². The van der Waals surface area contributed by atoms with Crippen molar-refractivity contribution in [1.29, 1.82) is 0 Å². The molecule has 4 aliphatic rings. The smallest absolute Gasteiger partial charge is 0.0216 e. The van der Waals surface area contributed by atoms with E-state index in [1.54, 1.807) is 0 Å². The molecule has 0 saturated heterocycles. The number of hydrogen-bond donors (Lipinski definition) is 1. The maximum absolute atomic E-state index is 6.75. The van der Waals surface area contributed by atoms with Crippen LogP contribution in [0.4, 0.5) is 0 Å². The van der Waals surface area contributed by atoms with Gasteiger partial charge in [-0.2, -0.15) is 0 Å². The van der Waals surface area contributed by atoms with Gasteiger partial charge in [0.2, 0.25) is 0 Å². The van der Waals surface area contributed by atoms with Gasteiger partial charge in [-0.15, -0.1) is 0 Å². The second-order valence-corrected chi connectivity index (χ2v) is 7.46. The Labute approximate surface area is 93.8 Å². The molecular formula is C14H25N. The minimum absolute atomic E-state index is 0.139. The van der Waals surface area contributed by atoms with Gasteiger partial charge in [-0.05, 0) is 54.3 Å². The average molecular weight is 207 g/mol. The van der Waals surface area contributed by atoms with Crippen LogP contribution in [0.5, 0.6) is 0 Å². The molecule has 0 heterocycles. The zero-order valence-electron chi connectivity index (χ0n) is 10.6. The summed E-state index contributed by atoms with van der Waals surface area (Å²) in [7, 11) is 0. The molecule has 0 aliphatic heterocycles. The van der Waals surface area contributed by atoms with Crippen LogP contribution in [-0.4, -0.2) is 5.54 Å². The summed E-state index contributed by atoms with van der Waals surface area (Å²) in [4.78, 5) is 0. The molecule has 2 N–H and O–H groups in total. The summed E-state index contributed by atoms with van der Waals surface area (Å²) in [6, 6.07) is 0. The summed E-state index contributed by atoms with van der Waals surface area (Å²) in [5.41, 5.74) is 7.70. The Kier molecular flexibility index (Phi) is 1.65. The van der Waals surface area contributed by atoms with E-state index in [1.807, 2.05) is 0 Å². The van der Waals surface area contributed by atoms with Gasteiger partial charge in [0, 0.05) is 5.54 Å². The van der Waals surface area contributed by atoms with Crippen molar-refractivity contribution in [3.8, 4) is 0 Å². The van der Waals surface area contributed by atoms with Gasteiger partial charge < -0.3 is 5.73 Å². The lowest BCUT2D eigenvalue weighted by molar-refractivity contribution is -0.199. The van der Waals surface area contributed by atoms with Gasteiger partial charge in [-0.1, -0.05) is 27.7 Å². The summed E-state index contributed by atoms with van der Waals surface area (Å²) >= 11 is 0. The van der Waals surface area contributed by atoms with Crippen LogP contribution in [0.3, 0.4) is 0 Å². The second kappa shape index (κ2) is 2.45. The average Bonchev–Trinajstić information content (AvgIpc) is 2.11. The summed E-state index contributed by atoms with van der Waals surface area (Å²) < 4.78 is 0.